The Labute approximate surface area is 147 Å². The molecule has 126 valence electrons. The molecule has 1 N–H and O–H groups in total. The van der Waals surface area contributed by atoms with Crippen molar-refractivity contribution in [3.8, 4) is 0 Å². The Balaban J connectivity index is 1.81. The van der Waals surface area contributed by atoms with Crippen molar-refractivity contribution in [2.75, 3.05) is 23.3 Å². The molecular weight excluding hydrogens is 324 g/mol. The van der Waals surface area contributed by atoms with E-state index in [-0.39, 0.29) is 5.91 Å². The van der Waals surface area contributed by atoms with Crippen LogP contribution >= 0.6 is 11.6 Å². The van der Waals surface area contributed by atoms with Gasteiger partial charge in [0.15, 0.2) is 0 Å². The van der Waals surface area contributed by atoms with Gasteiger partial charge in [-0.2, -0.15) is 0 Å². The summed E-state index contributed by atoms with van der Waals surface area (Å²) in [5.41, 5.74) is 1.03. The summed E-state index contributed by atoms with van der Waals surface area (Å²) in [4.78, 5) is 23.6. The molecule has 1 fully saturated rings. The molecule has 5 nitrogen and oxygen atoms in total. The molecule has 1 saturated heterocycles. The molecule has 3 rings (SSSR count). The molecule has 0 saturated carbocycles. The second-order valence-electron chi connectivity index (χ2n) is 6.02. The van der Waals surface area contributed by atoms with Crippen LogP contribution in [0.5, 0.6) is 0 Å². The molecule has 2 aromatic rings. The molecule has 1 aliphatic rings. The zero-order valence-electron chi connectivity index (χ0n) is 13.8. The number of anilines is 2. The molecule has 0 unspecified atom stereocenters. The van der Waals surface area contributed by atoms with Crippen molar-refractivity contribution in [1.82, 2.24) is 9.97 Å². The molecule has 24 heavy (non-hydrogen) atoms. The molecular formula is C18H21ClN4O. The van der Waals surface area contributed by atoms with E-state index in [4.69, 9.17) is 11.6 Å². The fourth-order valence-electron chi connectivity index (χ4n) is 2.89. The highest BCUT2D eigenvalue weighted by Gasteiger charge is 2.16. The molecule has 0 radical (unpaired) electrons. The average molecular weight is 345 g/mol. The number of nitrogens with zero attached hydrogens (tertiary/aromatic N) is 3. The predicted octanol–water partition coefficient (Wildman–Crippen LogP) is 4.07. The largest absolute Gasteiger partial charge is 0.356 e. The van der Waals surface area contributed by atoms with E-state index in [9.17, 15) is 4.79 Å². The van der Waals surface area contributed by atoms with Gasteiger partial charge in [-0.1, -0.05) is 30.5 Å². The van der Waals surface area contributed by atoms with Crippen molar-refractivity contribution in [2.24, 2.45) is 0 Å². The van der Waals surface area contributed by atoms with Crippen molar-refractivity contribution in [2.45, 2.75) is 32.6 Å². The minimum atomic E-state index is -0.251. The Kier molecular flexibility index (Phi) is 5.30. The van der Waals surface area contributed by atoms with Gasteiger partial charge >= 0.3 is 0 Å². The van der Waals surface area contributed by atoms with Crippen LogP contribution < -0.4 is 10.2 Å². The first-order valence-corrected chi connectivity index (χ1v) is 8.67. The van der Waals surface area contributed by atoms with Gasteiger partial charge in [0.1, 0.15) is 17.3 Å². The van der Waals surface area contributed by atoms with Crippen LogP contribution in [0.25, 0.3) is 0 Å². The lowest BCUT2D eigenvalue weighted by Crippen LogP contribution is -2.26. The molecule has 1 aliphatic heterocycles. The first kappa shape index (κ1) is 16.7. The number of aromatic nitrogens is 2. The van der Waals surface area contributed by atoms with Crippen molar-refractivity contribution in [1.29, 1.82) is 0 Å². The SMILES string of the molecule is Cc1nc(C(=O)Nc2cccc(Cl)c2)cc(N2CCCCCC2)n1. The van der Waals surface area contributed by atoms with E-state index in [0.717, 1.165) is 31.7 Å². The molecule has 0 atom stereocenters. The third kappa shape index (κ3) is 4.23. The lowest BCUT2D eigenvalue weighted by Gasteiger charge is -2.22. The lowest BCUT2D eigenvalue weighted by molar-refractivity contribution is 0.102. The Bertz CT molecular complexity index is 727. The number of aryl methyl sites for hydroxylation is 1. The Morgan fingerprint density at radius 2 is 1.88 bits per heavy atom. The predicted molar refractivity (Wildman–Crippen MR) is 96.9 cm³/mol. The molecule has 0 aliphatic carbocycles. The summed E-state index contributed by atoms with van der Waals surface area (Å²) in [6.07, 6.45) is 4.82. The van der Waals surface area contributed by atoms with Crippen LogP contribution in [0.2, 0.25) is 5.02 Å². The monoisotopic (exact) mass is 344 g/mol. The van der Waals surface area contributed by atoms with E-state index >= 15 is 0 Å². The van der Waals surface area contributed by atoms with E-state index < -0.39 is 0 Å². The minimum Gasteiger partial charge on any atom is -0.356 e. The first-order valence-electron chi connectivity index (χ1n) is 8.29. The van der Waals surface area contributed by atoms with E-state index in [0.29, 0.717) is 22.2 Å². The average Bonchev–Trinajstić information content (AvgIpc) is 2.83. The fourth-order valence-corrected chi connectivity index (χ4v) is 3.08. The number of amides is 1. The maximum atomic E-state index is 12.5. The first-order chi connectivity index (χ1) is 11.6. The van der Waals surface area contributed by atoms with E-state index in [2.05, 4.69) is 20.2 Å². The second kappa shape index (κ2) is 7.62. The van der Waals surface area contributed by atoms with Crippen molar-refractivity contribution >= 4 is 29.0 Å². The van der Waals surface area contributed by atoms with Gasteiger partial charge in [-0.05, 0) is 38.0 Å². The standard InChI is InChI=1S/C18H21ClN4O/c1-13-20-16(18(24)22-15-8-6-7-14(19)11-15)12-17(21-13)23-9-4-2-3-5-10-23/h6-8,11-12H,2-5,9-10H2,1H3,(H,22,24). The molecule has 0 spiro atoms. The fraction of sp³-hybridized carbons (Fsp3) is 0.389. The van der Waals surface area contributed by atoms with Crippen LogP contribution in [0.4, 0.5) is 11.5 Å². The van der Waals surface area contributed by atoms with Gasteiger partial charge in [0, 0.05) is 29.9 Å². The van der Waals surface area contributed by atoms with Crippen LogP contribution in [0.15, 0.2) is 30.3 Å². The Morgan fingerprint density at radius 1 is 1.12 bits per heavy atom. The van der Waals surface area contributed by atoms with Gasteiger partial charge in [0.25, 0.3) is 5.91 Å². The number of nitrogens with one attached hydrogen (secondary N) is 1. The number of rotatable bonds is 3. The molecule has 6 heteroatoms. The summed E-state index contributed by atoms with van der Waals surface area (Å²) >= 11 is 5.96. The van der Waals surface area contributed by atoms with Crippen LogP contribution in [0.1, 0.15) is 42.0 Å². The zero-order valence-corrected chi connectivity index (χ0v) is 14.5. The maximum absolute atomic E-state index is 12.5. The molecule has 0 bridgehead atoms. The van der Waals surface area contributed by atoms with Crippen molar-refractivity contribution < 1.29 is 4.79 Å². The third-order valence-corrected chi connectivity index (χ3v) is 4.30. The highest BCUT2D eigenvalue weighted by Crippen LogP contribution is 2.20. The minimum absolute atomic E-state index is 0.251. The number of halogens is 1. The Morgan fingerprint density at radius 3 is 2.58 bits per heavy atom. The topological polar surface area (TPSA) is 58.1 Å². The molecule has 1 amide bonds. The highest BCUT2D eigenvalue weighted by atomic mass is 35.5. The summed E-state index contributed by atoms with van der Waals surface area (Å²) in [6.45, 7) is 3.77. The van der Waals surface area contributed by atoms with E-state index in [1.54, 1.807) is 30.3 Å². The van der Waals surface area contributed by atoms with Gasteiger partial charge in [0.2, 0.25) is 0 Å². The number of hydrogen-bond donors (Lipinski definition) is 1. The van der Waals surface area contributed by atoms with Gasteiger partial charge in [-0.25, -0.2) is 9.97 Å². The van der Waals surface area contributed by atoms with Gasteiger partial charge in [0.05, 0.1) is 0 Å². The van der Waals surface area contributed by atoms with Crippen LogP contribution in [0, 0.1) is 6.92 Å². The molecule has 1 aromatic carbocycles. The lowest BCUT2D eigenvalue weighted by atomic mass is 10.2. The smallest absolute Gasteiger partial charge is 0.274 e. The number of carbonyl (C=O) groups is 1. The Hall–Kier alpha value is -2.14. The number of benzene rings is 1. The summed E-state index contributed by atoms with van der Waals surface area (Å²) in [6, 6.07) is 8.85. The normalized spacial score (nSPS) is 15.0. The second-order valence-corrected chi connectivity index (χ2v) is 6.46. The van der Waals surface area contributed by atoms with Crippen molar-refractivity contribution in [3.63, 3.8) is 0 Å². The summed E-state index contributed by atoms with van der Waals surface area (Å²) in [7, 11) is 0. The maximum Gasteiger partial charge on any atom is 0.274 e. The van der Waals surface area contributed by atoms with E-state index in [1.165, 1.54) is 12.8 Å². The summed E-state index contributed by atoms with van der Waals surface area (Å²) < 4.78 is 0. The van der Waals surface area contributed by atoms with Gasteiger partial charge in [-0.3, -0.25) is 4.79 Å². The van der Waals surface area contributed by atoms with Gasteiger partial charge in [-0.15, -0.1) is 0 Å². The molecule has 1 aromatic heterocycles. The third-order valence-electron chi connectivity index (χ3n) is 4.07. The quantitative estimate of drug-likeness (QED) is 0.911. The molecule has 2 heterocycles. The van der Waals surface area contributed by atoms with Crippen LogP contribution in [-0.4, -0.2) is 29.0 Å². The van der Waals surface area contributed by atoms with E-state index in [1.807, 2.05) is 6.92 Å². The van der Waals surface area contributed by atoms with Crippen LogP contribution in [-0.2, 0) is 0 Å². The number of carbonyl (C=O) groups excluding carboxylic acids is 1. The summed E-state index contributed by atoms with van der Waals surface area (Å²) in [5, 5.41) is 3.42. The highest BCUT2D eigenvalue weighted by molar-refractivity contribution is 6.30. The van der Waals surface area contributed by atoms with Crippen molar-refractivity contribution in [3.05, 3.63) is 46.9 Å². The zero-order chi connectivity index (χ0) is 16.9. The van der Waals surface area contributed by atoms with Crippen LogP contribution in [0.3, 0.4) is 0 Å². The summed E-state index contributed by atoms with van der Waals surface area (Å²) in [5.74, 6) is 1.19. The van der Waals surface area contributed by atoms with Gasteiger partial charge < -0.3 is 10.2 Å². The number of hydrogen-bond acceptors (Lipinski definition) is 4.